The highest BCUT2D eigenvalue weighted by Gasteiger charge is 2.39. The Bertz CT molecular complexity index is 1180. The molecule has 2 heterocycles. The predicted octanol–water partition coefficient (Wildman–Crippen LogP) is 2.64. The number of amides is 4. The lowest BCUT2D eigenvalue weighted by Crippen LogP contribution is -2.52. The number of carbonyl (C=O) groups is 4. The highest BCUT2D eigenvalue weighted by molar-refractivity contribution is 6.05. The molecule has 3 N–H and O–H groups in total. The van der Waals surface area contributed by atoms with Gasteiger partial charge in [-0.25, -0.2) is 4.79 Å². The van der Waals surface area contributed by atoms with Gasteiger partial charge in [0.1, 0.15) is 6.04 Å². The van der Waals surface area contributed by atoms with Crippen molar-refractivity contribution in [1.82, 2.24) is 20.4 Å². The van der Waals surface area contributed by atoms with Crippen molar-refractivity contribution in [3.8, 4) is 0 Å². The number of carbonyl (C=O) groups excluding carboxylic acids is 3. The molecular formula is C27H30N4O5. The number of nitrogens with one attached hydrogen (secondary N) is 2. The highest BCUT2D eigenvalue weighted by atomic mass is 16.4. The zero-order valence-electron chi connectivity index (χ0n) is 20.0. The maximum Gasteiger partial charge on any atom is 0.407 e. The minimum absolute atomic E-state index is 0.0697. The zero-order chi connectivity index (χ0) is 25.2. The van der Waals surface area contributed by atoms with Crippen LogP contribution in [0, 0.1) is 0 Å². The summed E-state index contributed by atoms with van der Waals surface area (Å²) in [5.41, 5.74) is 3.27. The summed E-state index contributed by atoms with van der Waals surface area (Å²) in [7, 11) is 0. The van der Waals surface area contributed by atoms with Crippen molar-refractivity contribution in [3.05, 3.63) is 70.8 Å². The van der Waals surface area contributed by atoms with Crippen molar-refractivity contribution in [3.63, 3.8) is 0 Å². The lowest BCUT2D eigenvalue weighted by Gasteiger charge is -2.31. The molecule has 4 amide bonds. The van der Waals surface area contributed by atoms with Gasteiger partial charge in [0.05, 0.1) is 6.04 Å². The molecule has 2 fully saturated rings. The fraction of sp³-hybridized carbons (Fsp3) is 0.407. The van der Waals surface area contributed by atoms with Crippen LogP contribution in [0.2, 0.25) is 0 Å². The van der Waals surface area contributed by atoms with Crippen LogP contribution in [0.4, 0.5) is 4.79 Å². The molecule has 1 saturated heterocycles. The third kappa shape index (κ3) is 4.83. The summed E-state index contributed by atoms with van der Waals surface area (Å²) < 4.78 is 0. The molecule has 188 valence electrons. The molecule has 1 unspecified atom stereocenters. The number of benzene rings is 2. The molecule has 36 heavy (non-hydrogen) atoms. The first-order chi connectivity index (χ1) is 17.4. The molecule has 2 aliphatic heterocycles. The zero-order valence-corrected chi connectivity index (χ0v) is 20.0. The average Bonchev–Trinajstić information content (AvgIpc) is 3.46. The van der Waals surface area contributed by atoms with Crippen LogP contribution < -0.4 is 10.6 Å². The molecule has 3 aliphatic rings. The monoisotopic (exact) mass is 490 g/mol. The second kappa shape index (κ2) is 10.1. The molecule has 0 radical (unpaired) electrons. The number of hydrogen-bond acceptors (Lipinski definition) is 5. The second-order valence-corrected chi connectivity index (χ2v) is 9.77. The van der Waals surface area contributed by atoms with Crippen molar-refractivity contribution in [2.24, 2.45) is 0 Å². The topological polar surface area (TPSA) is 119 Å². The van der Waals surface area contributed by atoms with E-state index in [1.54, 1.807) is 12.1 Å². The Kier molecular flexibility index (Phi) is 6.73. The number of fused-ring (bicyclic) bond motifs is 1. The summed E-state index contributed by atoms with van der Waals surface area (Å²) in [6.07, 6.45) is 2.22. The van der Waals surface area contributed by atoms with E-state index in [0.717, 1.165) is 36.0 Å². The standard InChI is InChI=1S/C27H30N4O5/c32-24-12-11-23(25(33)29-24)30-16-19-13-18(9-10-20(19)26(30)34)15-31(27(35)36)22-8-4-7-21(22)28-14-17-5-2-1-3-6-17/h1-3,5-6,9-10,13,21-23,28H,4,7-8,11-12,14-16H2,(H,35,36)(H,29,32,33)/t21-,22-,23?/m0/s1. The molecule has 0 aromatic heterocycles. The highest BCUT2D eigenvalue weighted by Crippen LogP contribution is 2.30. The lowest BCUT2D eigenvalue weighted by atomic mass is 10.0. The largest absolute Gasteiger partial charge is 0.465 e. The maximum absolute atomic E-state index is 13.0. The third-order valence-electron chi connectivity index (χ3n) is 7.48. The molecule has 9 nitrogen and oxygen atoms in total. The smallest absolute Gasteiger partial charge is 0.407 e. The van der Waals surface area contributed by atoms with E-state index in [4.69, 9.17) is 0 Å². The van der Waals surface area contributed by atoms with Crippen molar-refractivity contribution >= 4 is 23.8 Å². The van der Waals surface area contributed by atoms with Gasteiger partial charge in [-0.15, -0.1) is 0 Å². The van der Waals surface area contributed by atoms with Crippen molar-refractivity contribution < 1.29 is 24.3 Å². The summed E-state index contributed by atoms with van der Waals surface area (Å²) in [6, 6.07) is 14.7. The fourth-order valence-electron chi connectivity index (χ4n) is 5.65. The Hall–Kier alpha value is -3.72. The lowest BCUT2D eigenvalue weighted by molar-refractivity contribution is -0.136. The Balaban J connectivity index is 1.28. The molecular weight excluding hydrogens is 460 g/mol. The van der Waals surface area contributed by atoms with E-state index in [2.05, 4.69) is 22.8 Å². The van der Waals surface area contributed by atoms with Crippen LogP contribution in [0.1, 0.15) is 59.2 Å². The van der Waals surface area contributed by atoms with Crippen LogP contribution in [-0.4, -0.2) is 56.8 Å². The first kappa shape index (κ1) is 24.0. The molecule has 1 aliphatic carbocycles. The molecule has 2 aromatic rings. The summed E-state index contributed by atoms with van der Waals surface area (Å²) in [4.78, 5) is 52.0. The van der Waals surface area contributed by atoms with E-state index in [1.807, 2.05) is 24.3 Å². The van der Waals surface area contributed by atoms with Crippen LogP contribution in [0.25, 0.3) is 0 Å². The maximum atomic E-state index is 13.0. The van der Waals surface area contributed by atoms with Crippen LogP contribution in [0.15, 0.2) is 48.5 Å². The molecule has 2 aromatic carbocycles. The van der Waals surface area contributed by atoms with Crippen LogP contribution in [-0.2, 0) is 29.2 Å². The Morgan fingerprint density at radius 2 is 1.86 bits per heavy atom. The molecule has 5 rings (SSSR count). The van der Waals surface area contributed by atoms with Crippen LogP contribution in [0.5, 0.6) is 0 Å². The third-order valence-corrected chi connectivity index (χ3v) is 7.48. The van der Waals surface area contributed by atoms with Crippen molar-refractivity contribution in [2.45, 2.75) is 69.9 Å². The minimum Gasteiger partial charge on any atom is -0.465 e. The van der Waals surface area contributed by atoms with Crippen LogP contribution in [0.3, 0.4) is 0 Å². The Morgan fingerprint density at radius 3 is 2.61 bits per heavy atom. The molecule has 9 heteroatoms. The molecule has 3 atom stereocenters. The summed E-state index contributed by atoms with van der Waals surface area (Å²) >= 11 is 0. The van der Waals surface area contributed by atoms with E-state index in [1.165, 1.54) is 9.80 Å². The van der Waals surface area contributed by atoms with Gasteiger partial charge >= 0.3 is 6.09 Å². The molecule has 0 bridgehead atoms. The van der Waals surface area contributed by atoms with Gasteiger partial charge in [0.25, 0.3) is 5.91 Å². The van der Waals surface area contributed by atoms with E-state index in [-0.39, 0.29) is 43.4 Å². The number of piperidine rings is 1. The Morgan fingerprint density at radius 1 is 1.06 bits per heavy atom. The normalized spacial score (nSPS) is 23.5. The summed E-state index contributed by atoms with van der Waals surface area (Å²) in [5, 5.41) is 15.9. The Labute approximate surface area is 209 Å². The minimum atomic E-state index is -0.963. The quantitative estimate of drug-likeness (QED) is 0.514. The van der Waals surface area contributed by atoms with Gasteiger partial charge in [0.15, 0.2) is 0 Å². The predicted molar refractivity (Wildman–Crippen MR) is 131 cm³/mol. The number of imide groups is 1. The van der Waals surface area contributed by atoms with Gasteiger partial charge in [-0.2, -0.15) is 0 Å². The van der Waals surface area contributed by atoms with E-state index in [0.29, 0.717) is 18.5 Å². The number of nitrogens with zero attached hydrogens (tertiary/aromatic N) is 2. The van der Waals surface area contributed by atoms with E-state index < -0.39 is 18.0 Å². The van der Waals surface area contributed by atoms with Gasteiger partial charge in [0.2, 0.25) is 11.8 Å². The average molecular weight is 491 g/mol. The van der Waals surface area contributed by atoms with Gasteiger partial charge < -0.3 is 15.3 Å². The summed E-state index contributed by atoms with van der Waals surface area (Å²) in [5.74, 6) is -0.998. The number of carboxylic acid groups (broad SMARTS) is 1. The first-order valence-corrected chi connectivity index (χ1v) is 12.4. The van der Waals surface area contributed by atoms with E-state index in [9.17, 15) is 24.3 Å². The molecule has 1 saturated carbocycles. The van der Waals surface area contributed by atoms with Gasteiger partial charge in [-0.05, 0) is 48.4 Å². The number of hydrogen-bond donors (Lipinski definition) is 3. The van der Waals surface area contributed by atoms with Crippen LogP contribution >= 0.6 is 0 Å². The SMILES string of the molecule is O=C1CCC(N2Cc3cc(CN(C(=O)O)[C@H]4CCC[C@@H]4NCc4ccccc4)ccc3C2=O)C(=O)N1. The fourth-order valence-corrected chi connectivity index (χ4v) is 5.65. The van der Waals surface area contributed by atoms with E-state index >= 15 is 0 Å². The van der Waals surface area contributed by atoms with Crippen molar-refractivity contribution in [1.29, 1.82) is 0 Å². The second-order valence-electron chi connectivity index (χ2n) is 9.77. The number of rotatable bonds is 7. The van der Waals surface area contributed by atoms with Gasteiger partial charge in [0, 0.05) is 37.7 Å². The van der Waals surface area contributed by atoms with Gasteiger partial charge in [-0.3, -0.25) is 24.6 Å². The van der Waals surface area contributed by atoms with Crippen molar-refractivity contribution in [2.75, 3.05) is 0 Å². The first-order valence-electron chi connectivity index (χ1n) is 12.4. The summed E-state index contributed by atoms with van der Waals surface area (Å²) in [6.45, 7) is 1.18. The molecule has 0 spiro atoms. The van der Waals surface area contributed by atoms with Gasteiger partial charge in [-0.1, -0.05) is 42.5 Å².